The minimum Gasteiger partial charge on any atom is -0.256 e. The molecule has 1 aromatic heterocycles. The van der Waals surface area contributed by atoms with Gasteiger partial charge in [0.25, 0.3) is 0 Å². The van der Waals surface area contributed by atoms with E-state index in [4.69, 9.17) is 4.98 Å². The van der Waals surface area contributed by atoms with Crippen LogP contribution in [0.3, 0.4) is 0 Å². The molecule has 0 bridgehead atoms. The molecule has 0 fully saturated rings. The Hall–Kier alpha value is -4.49. The Morgan fingerprint density at radius 3 is 2.03 bits per heavy atom. The van der Waals surface area contributed by atoms with E-state index in [0.717, 1.165) is 5.52 Å². The lowest BCUT2D eigenvalue weighted by Crippen LogP contribution is -1.95. The lowest BCUT2D eigenvalue weighted by atomic mass is 9.84. The van der Waals surface area contributed by atoms with Gasteiger partial charge in [-0.05, 0) is 75.3 Å². The van der Waals surface area contributed by atoms with Crippen LogP contribution in [0, 0.1) is 13.8 Å². The van der Waals surface area contributed by atoms with Gasteiger partial charge in [-0.15, -0.1) is 0 Å². The summed E-state index contributed by atoms with van der Waals surface area (Å²) in [6.45, 7) is 4.37. The van der Waals surface area contributed by atoms with Crippen molar-refractivity contribution < 1.29 is 0 Å². The van der Waals surface area contributed by atoms with Crippen LogP contribution in [0.1, 0.15) is 11.1 Å². The Bertz CT molecular complexity index is 1960. The van der Waals surface area contributed by atoms with Crippen LogP contribution < -0.4 is 0 Å². The van der Waals surface area contributed by atoms with Gasteiger partial charge in [0, 0.05) is 22.4 Å². The second-order valence-electron chi connectivity index (χ2n) is 9.74. The number of aryl methyl sites for hydroxylation is 2. The van der Waals surface area contributed by atoms with Crippen molar-refractivity contribution in [1.82, 2.24) is 4.98 Å². The van der Waals surface area contributed by atoms with Gasteiger partial charge in [0.1, 0.15) is 0 Å². The second kappa shape index (κ2) is 8.03. The normalized spacial score (nSPS) is 11.6. The number of aromatic nitrogens is 1. The van der Waals surface area contributed by atoms with E-state index < -0.39 is 0 Å². The highest BCUT2D eigenvalue weighted by Gasteiger charge is 2.20. The summed E-state index contributed by atoms with van der Waals surface area (Å²) in [7, 11) is 0. The smallest absolute Gasteiger partial charge is 0.0708 e. The summed E-state index contributed by atoms with van der Waals surface area (Å²) in [5.74, 6) is 0. The highest BCUT2D eigenvalue weighted by Crippen LogP contribution is 2.46. The SMILES string of the molecule is Cc1ccc(-c2c3ccccc3c(-c3ccc4ccccc4c3)c3c2cnc2ccccc23)c(C)c1. The molecule has 0 spiro atoms. The predicted octanol–water partition coefficient (Wildman–Crippen LogP) is 9.65. The first kappa shape index (κ1) is 20.8. The molecule has 0 atom stereocenters. The van der Waals surface area contributed by atoms with E-state index in [1.807, 2.05) is 0 Å². The van der Waals surface area contributed by atoms with Crippen molar-refractivity contribution in [1.29, 1.82) is 0 Å². The van der Waals surface area contributed by atoms with Crippen molar-refractivity contribution >= 4 is 43.2 Å². The standard InChI is InChI=1S/C35H25N/c1-22-15-18-27(23(2)19-22)34-29-12-6-5-11-28(29)33(26-17-16-24-9-3-4-10-25(24)20-26)35-30-13-7-8-14-32(30)36-21-31(34)35/h3-21H,1-2H3. The highest BCUT2D eigenvalue weighted by molar-refractivity contribution is 6.27. The molecule has 1 heterocycles. The number of para-hydroxylation sites is 1. The van der Waals surface area contributed by atoms with Crippen LogP contribution in [0.25, 0.3) is 65.5 Å². The van der Waals surface area contributed by atoms with Gasteiger partial charge in [0.15, 0.2) is 0 Å². The van der Waals surface area contributed by atoms with Crippen molar-refractivity contribution in [3.63, 3.8) is 0 Å². The highest BCUT2D eigenvalue weighted by atomic mass is 14.6. The molecule has 36 heavy (non-hydrogen) atoms. The van der Waals surface area contributed by atoms with Gasteiger partial charge in [0.05, 0.1) is 5.52 Å². The lowest BCUT2D eigenvalue weighted by molar-refractivity contribution is 1.39. The molecule has 0 aliphatic rings. The molecule has 0 N–H and O–H groups in total. The zero-order valence-corrected chi connectivity index (χ0v) is 20.4. The Kier molecular flexibility index (Phi) is 4.65. The number of nitrogens with zero attached hydrogens (tertiary/aromatic N) is 1. The molecule has 0 aliphatic carbocycles. The van der Waals surface area contributed by atoms with E-state index in [0.29, 0.717) is 0 Å². The Morgan fingerprint density at radius 2 is 1.22 bits per heavy atom. The van der Waals surface area contributed by atoms with Crippen LogP contribution in [-0.2, 0) is 0 Å². The number of pyridine rings is 1. The van der Waals surface area contributed by atoms with E-state index in [1.54, 1.807) is 0 Å². The molecule has 6 aromatic carbocycles. The average molecular weight is 460 g/mol. The molecule has 0 amide bonds. The molecule has 0 unspecified atom stereocenters. The molecule has 170 valence electrons. The molecule has 7 aromatic rings. The molecule has 0 radical (unpaired) electrons. The van der Waals surface area contributed by atoms with Gasteiger partial charge < -0.3 is 0 Å². The summed E-state index contributed by atoms with van der Waals surface area (Å²) >= 11 is 0. The lowest BCUT2D eigenvalue weighted by Gasteiger charge is -2.20. The number of hydrogen-bond acceptors (Lipinski definition) is 1. The fraction of sp³-hybridized carbons (Fsp3) is 0.0571. The first-order valence-electron chi connectivity index (χ1n) is 12.5. The van der Waals surface area contributed by atoms with Crippen LogP contribution in [0.2, 0.25) is 0 Å². The summed E-state index contributed by atoms with van der Waals surface area (Å²) in [6, 6.07) is 39.6. The summed E-state index contributed by atoms with van der Waals surface area (Å²) in [5, 5.41) is 8.70. The van der Waals surface area contributed by atoms with Crippen LogP contribution in [0.5, 0.6) is 0 Å². The first-order chi connectivity index (χ1) is 17.7. The van der Waals surface area contributed by atoms with Crippen LogP contribution in [0.4, 0.5) is 0 Å². The van der Waals surface area contributed by atoms with Crippen LogP contribution in [-0.4, -0.2) is 4.98 Å². The maximum atomic E-state index is 4.93. The topological polar surface area (TPSA) is 12.9 Å². The molecule has 0 saturated heterocycles. The Morgan fingerprint density at radius 1 is 0.528 bits per heavy atom. The maximum absolute atomic E-state index is 4.93. The van der Waals surface area contributed by atoms with E-state index in [9.17, 15) is 0 Å². The van der Waals surface area contributed by atoms with Crippen molar-refractivity contribution in [3.8, 4) is 22.3 Å². The summed E-state index contributed by atoms with van der Waals surface area (Å²) in [4.78, 5) is 4.93. The number of hydrogen-bond donors (Lipinski definition) is 0. The van der Waals surface area contributed by atoms with Crippen LogP contribution in [0.15, 0.2) is 115 Å². The average Bonchev–Trinajstić information content (AvgIpc) is 2.92. The van der Waals surface area contributed by atoms with E-state index in [1.165, 1.54) is 71.1 Å². The Labute approximate surface area is 210 Å². The maximum Gasteiger partial charge on any atom is 0.0708 e. The second-order valence-corrected chi connectivity index (χ2v) is 9.74. The van der Waals surface area contributed by atoms with Crippen molar-refractivity contribution in [2.75, 3.05) is 0 Å². The van der Waals surface area contributed by atoms with Crippen molar-refractivity contribution in [3.05, 3.63) is 127 Å². The Balaban J connectivity index is 1.73. The first-order valence-corrected chi connectivity index (χ1v) is 12.5. The van der Waals surface area contributed by atoms with E-state index in [2.05, 4.69) is 129 Å². The van der Waals surface area contributed by atoms with Gasteiger partial charge >= 0.3 is 0 Å². The zero-order chi connectivity index (χ0) is 24.2. The summed E-state index contributed by atoms with van der Waals surface area (Å²) in [5.41, 5.74) is 8.63. The van der Waals surface area contributed by atoms with Crippen LogP contribution >= 0.6 is 0 Å². The van der Waals surface area contributed by atoms with Crippen molar-refractivity contribution in [2.24, 2.45) is 0 Å². The molecule has 0 saturated carbocycles. The summed E-state index contributed by atoms with van der Waals surface area (Å²) in [6.07, 6.45) is 2.09. The summed E-state index contributed by atoms with van der Waals surface area (Å²) < 4.78 is 0. The fourth-order valence-corrected chi connectivity index (χ4v) is 5.83. The van der Waals surface area contributed by atoms with Gasteiger partial charge in [-0.25, -0.2) is 0 Å². The molecular weight excluding hydrogens is 434 g/mol. The minimum atomic E-state index is 1.02. The van der Waals surface area contributed by atoms with Gasteiger partial charge in [-0.2, -0.15) is 0 Å². The fourth-order valence-electron chi connectivity index (χ4n) is 5.83. The zero-order valence-electron chi connectivity index (χ0n) is 20.4. The molecule has 7 rings (SSSR count). The van der Waals surface area contributed by atoms with Gasteiger partial charge in [0.2, 0.25) is 0 Å². The molecule has 1 heteroatoms. The third-order valence-electron chi connectivity index (χ3n) is 7.45. The quantitative estimate of drug-likeness (QED) is 0.185. The molecule has 1 nitrogen and oxygen atoms in total. The minimum absolute atomic E-state index is 1.02. The molecule has 0 aliphatic heterocycles. The van der Waals surface area contributed by atoms with E-state index >= 15 is 0 Å². The number of benzene rings is 6. The van der Waals surface area contributed by atoms with E-state index in [-0.39, 0.29) is 0 Å². The molecular formula is C35H25N. The van der Waals surface area contributed by atoms with Gasteiger partial charge in [-0.1, -0.05) is 103 Å². The largest absolute Gasteiger partial charge is 0.256 e. The monoisotopic (exact) mass is 459 g/mol. The predicted molar refractivity (Wildman–Crippen MR) is 155 cm³/mol. The number of fused-ring (bicyclic) bond motifs is 5. The number of rotatable bonds is 2. The third kappa shape index (κ3) is 3.13. The van der Waals surface area contributed by atoms with Gasteiger partial charge in [-0.3, -0.25) is 4.98 Å². The van der Waals surface area contributed by atoms with Crippen molar-refractivity contribution in [2.45, 2.75) is 13.8 Å². The third-order valence-corrected chi connectivity index (χ3v) is 7.45.